The van der Waals surface area contributed by atoms with Crippen molar-refractivity contribution in [3.63, 3.8) is 0 Å². The fraction of sp³-hybridized carbons (Fsp3) is 0.350. The number of fused-ring (bicyclic) bond motifs is 1. The largest absolute Gasteiger partial charge is 0.486 e. The number of carbonyl (C=O) groups is 1. The van der Waals surface area contributed by atoms with Crippen LogP contribution in [-0.2, 0) is 4.79 Å². The average molecular weight is 385 g/mol. The monoisotopic (exact) mass is 385 g/mol. The summed E-state index contributed by atoms with van der Waals surface area (Å²) in [5.41, 5.74) is 0.821. The Labute approximate surface area is 163 Å². The smallest absolute Gasteiger partial charge is 0.269 e. The van der Waals surface area contributed by atoms with Crippen molar-refractivity contribution in [3.8, 4) is 11.5 Å². The standard InChI is InChI=1S/C20H23N3O5/c1-14(15-6-5-7-16(10-15)23(25)26)22(2)12-20(24)21-11-17-13-27-18-8-3-4-9-19(18)28-17/h3-10,14,17H,11-13H2,1-2H3,(H,21,24)/t14-,17-/m0/s1. The van der Waals surface area contributed by atoms with E-state index in [9.17, 15) is 14.9 Å². The van der Waals surface area contributed by atoms with Crippen LogP contribution in [-0.4, -0.2) is 48.6 Å². The summed E-state index contributed by atoms with van der Waals surface area (Å²) < 4.78 is 11.5. The fourth-order valence-corrected chi connectivity index (χ4v) is 2.96. The lowest BCUT2D eigenvalue weighted by atomic mass is 10.1. The molecule has 0 aromatic heterocycles. The van der Waals surface area contributed by atoms with E-state index in [2.05, 4.69) is 5.32 Å². The minimum absolute atomic E-state index is 0.0388. The van der Waals surface area contributed by atoms with Crippen molar-refractivity contribution in [2.45, 2.75) is 19.1 Å². The number of rotatable bonds is 7. The Kier molecular flexibility index (Phi) is 6.10. The first-order valence-electron chi connectivity index (χ1n) is 9.04. The molecule has 8 nitrogen and oxygen atoms in total. The van der Waals surface area contributed by atoms with E-state index < -0.39 is 4.92 Å². The van der Waals surface area contributed by atoms with Gasteiger partial charge < -0.3 is 14.8 Å². The first kappa shape index (κ1) is 19.6. The van der Waals surface area contributed by atoms with Gasteiger partial charge in [-0.15, -0.1) is 0 Å². The Morgan fingerprint density at radius 2 is 2.04 bits per heavy atom. The molecule has 2 atom stereocenters. The van der Waals surface area contributed by atoms with Gasteiger partial charge in [-0.05, 0) is 31.7 Å². The van der Waals surface area contributed by atoms with Crippen LogP contribution in [0.2, 0.25) is 0 Å². The van der Waals surface area contributed by atoms with Gasteiger partial charge >= 0.3 is 0 Å². The van der Waals surface area contributed by atoms with Crippen LogP contribution in [0.4, 0.5) is 5.69 Å². The average Bonchev–Trinajstić information content (AvgIpc) is 2.71. The molecule has 0 aliphatic carbocycles. The first-order valence-corrected chi connectivity index (χ1v) is 9.04. The van der Waals surface area contributed by atoms with Crippen LogP contribution in [0, 0.1) is 10.1 Å². The van der Waals surface area contributed by atoms with Crippen molar-refractivity contribution >= 4 is 11.6 Å². The fourth-order valence-electron chi connectivity index (χ4n) is 2.96. The summed E-state index contributed by atoms with van der Waals surface area (Å²) >= 11 is 0. The van der Waals surface area contributed by atoms with Crippen LogP contribution in [0.1, 0.15) is 18.5 Å². The Morgan fingerprint density at radius 1 is 1.29 bits per heavy atom. The molecule has 0 radical (unpaired) electrons. The van der Waals surface area contributed by atoms with Crippen LogP contribution in [0.5, 0.6) is 11.5 Å². The molecular formula is C20H23N3O5. The molecule has 0 saturated carbocycles. The topological polar surface area (TPSA) is 93.9 Å². The number of amides is 1. The minimum atomic E-state index is -0.423. The third-order valence-corrected chi connectivity index (χ3v) is 4.71. The zero-order valence-electron chi connectivity index (χ0n) is 15.8. The van der Waals surface area contributed by atoms with Gasteiger partial charge in [-0.25, -0.2) is 0 Å². The summed E-state index contributed by atoms with van der Waals surface area (Å²) in [7, 11) is 1.81. The highest BCUT2D eigenvalue weighted by Gasteiger charge is 2.22. The number of hydrogen-bond acceptors (Lipinski definition) is 6. The number of hydrogen-bond donors (Lipinski definition) is 1. The molecule has 1 aliphatic rings. The molecule has 0 unspecified atom stereocenters. The quantitative estimate of drug-likeness (QED) is 0.581. The number of nitrogens with one attached hydrogen (secondary N) is 1. The summed E-state index contributed by atoms with van der Waals surface area (Å²) in [5.74, 6) is 1.22. The molecule has 1 heterocycles. The summed E-state index contributed by atoms with van der Waals surface area (Å²) in [5, 5.41) is 13.8. The lowest BCUT2D eigenvalue weighted by Crippen LogP contribution is -2.44. The molecule has 0 bridgehead atoms. The molecule has 0 fully saturated rings. The molecule has 0 spiro atoms. The van der Waals surface area contributed by atoms with Crippen molar-refractivity contribution in [1.82, 2.24) is 10.2 Å². The molecule has 2 aromatic rings. The van der Waals surface area contributed by atoms with Gasteiger partial charge in [-0.1, -0.05) is 24.3 Å². The van der Waals surface area contributed by atoms with Gasteiger partial charge in [0.1, 0.15) is 12.7 Å². The summed E-state index contributed by atoms with van der Waals surface area (Å²) in [4.78, 5) is 24.6. The number of nitrogens with zero attached hydrogens (tertiary/aromatic N) is 2. The van der Waals surface area contributed by atoms with Gasteiger partial charge in [0.15, 0.2) is 11.5 Å². The third kappa shape index (κ3) is 4.77. The Balaban J connectivity index is 1.49. The van der Waals surface area contributed by atoms with Gasteiger partial charge in [-0.3, -0.25) is 19.8 Å². The highest BCUT2D eigenvalue weighted by Crippen LogP contribution is 2.30. The van der Waals surface area contributed by atoms with Crippen molar-refractivity contribution in [1.29, 1.82) is 0 Å². The number of para-hydroxylation sites is 2. The number of nitro benzene ring substituents is 1. The van der Waals surface area contributed by atoms with E-state index in [0.29, 0.717) is 24.7 Å². The molecule has 148 valence electrons. The van der Waals surface area contributed by atoms with Crippen LogP contribution in [0.3, 0.4) is 0 Å². The highest BCUT2D eigenvalue weighted by atomic mass is 16.6. The van der Waals surface area contributed by atoms with E-state index >= 15 is 0 Å². The van der Waals surface area contributed by atoms with Gasteiger partial charge in [0.2, 0.25) is 5.91 Å². The van der Waals surface area contributed by atoms with Gasteiger partial charge in [0, 0.05) is 18.2 Å². The number of carbonyl (C=O) groups excluding carboxylic acids is 1. The summed E-state index contributed by atoms with van der Waals surface area (Å²) in [6.07, 6.45) is -0.252. The zero-order valence-corrected chi connectivity index (χ0v) is 15.8. The number of ether oxygens (including phenoxy) is 2. The van der Waals surface area contributed by atoms with E-state index in [4.69, 9.17) is 9.47 Å². The van der Waals surface area contributed by atoms with E-state index in [1.54, 1.807) is 13.1 Å². The molecule has 2 aromatic carbocycles. The predicted molar refractivity (Wildman–Crippen MR) is 104 cm³/mol. The minimum Gasteiger partial charge on any atom is -0.486 e. The van der Waals surface area contributed by atoms with Crippen molar-refractivity contribution < 1.29 is 19.2 Å². The van der Waals surface area contributed by atoms with Crippen molar-refractivity contribution in [3.05, 3.63) is 64.2 Å². The Hall–Kier alpha value is -3.13. The molecule has 8 heteroatoms. The summed E-state index contributed by atoms with van der Waals surface area (Å²) in [6, 6.07) is 13.7. The van der Waals surface area contributed by atoms with Crippen molar-refractivity contribution in [2.75, 3.05) is 26.7 Å². The van der Waals surface area contributed by atoms with Crippen LogP contribution in [0.25, 0.3) is 0 Å². The maximum atomic E-state index is 12.3. The maximum Gasteiger partial charge on any atom is 0.269 e. The van der Waals surface area contributed by atoms with Crippen LogP contribution < -0.4 is 14.8 Å². The normalized spacial score (nSPS) is 16.5. The molecule has 28 heavy (non-hydrogen) atoms. The SMILES string of the molecule is C[C@@H](c1cccc([N+](=O)[O-])c1)N(C)CC(=O)NC[C@H]1COc2ccccc2O1. The predicted octanol–water partition coefficient (Wildman–Crippen LogP) is 2.54. The molecule has 3 rings (SSSR count). The molecule has 0 saturated heterocycles. The van der Waals surface area contributed by atoms with Gasteiger partial charge in [0.25, 0.3) is 5.69 Å². The number of nitro groups is 1. The molecule has 1 N–H and O–H groups in total. The summed E-state index contributed by atoms with van der Waals surface area (Å²) in [6.45, 7) is 2.78. The lowest BCUT2D eigenvalue weighted by Gasteiger charge is -2.27. The first-order chi connectivity index (χ1) is 13.4. The second kappa shape index (κ2) is 8.71. The number of likely N-dealkylation sites (N-methyl/N-ethyl adjacent to an activating group) is 1. The highest BCUT2D eigenvalue weighted by molar-refractivity contribution is 5.78. The van der Waals surface area contributed by atoms with Crippen LogP contribution >= 0.6 is 0 Å². The molecule has 1 amide bonds. The van der Waals surface area contributed by atoms with E-state index in [1.165, 1.54) is 12.1 Å². The Morgan fingerprint density at radius 3 is 2.79 bits per heavy atom. The van der Waals surface area contributed by atoms with E-state index in [-0.39, 0.29) is 30.3 Å². The molecule has 1 aliphatic heterocycles. The number of benzene rings is 2. The van der Waals surface area contributed by atoms with E-state index in [1.807, 2.05) is 42.2 Å². The van der Waals surface area contributed by atoms with Gasteiger partial charge in [-0.2, -0.15) is 0 Å². The zero-order chi connectivity index (χ0) is 20.1. The number of non-ortho nitro benzene ring substituents is 1. The van der Waals surface area contributed by atoms with Gasteiger partial charge in [0.05, 0.1) is 18.0 Å². The van der Waals surface area contributed by atoms with Crippen molar-refractivity contribution in [2.24, 2.45) is 0 Å². The van der Waals surface area contributed by atoms with Crippen LogP contribution in [0.15, 0.2) is 48.5 Å². The third-order valence-electron chi connectivity index (χ3n) is 4.71. The molecular weight excluding hydrogens is 362 g/mol. The second-order valence-electron chi connectivity index (χ2n) is 6.74. The maximum absolute atomic E-state index is 12.3. The Bertz CT molecular complexity index is 857. The lowest BCUT2D eigenvalue weighted by molar-refractivity contribution is -0.384. The second-order valence-corrected chi connectivity index (χ2v) is 6.74. The van der Waals surface area contributed by atoms with E-state index in [0.717, 1.165) is 5.56 Å².